The average Bonchev–Trinajstić information content (AvgIpc) is 3.17. The third-order valence-electron chi connectivity index (χ3n) is 4.16. The summed E-state index contributed by atoms with van der Waals surface area (Å²) in [5, 5.41) is 3.00. The first-order chi connectivity index (χ1) is 11.3. The number of alkyl halides is 3. The fourth-order valence-electron chi connectivity index (χ4n) is 2.98. The van der Waals surface area contributed by atoms with E-state index in [1.165, 1.54) is 6.07 Å². The number of hydrogen-bond donors (Lipinski definition) is 2. The lowest BCUT2D eigenvalue weighted by Gasteiger charge is -2.08. The van der Waals surface area contributed by atoms with Gasteiger partial charge in [-0.25, -0.2) is 9.37 Å². The average molecular weight is 341 g/mol. The first-order valence-corrected chi connectivity index (χ1v) is 7.28. The van der Waals surface area contributed by atoms with E-state index in [1.54, 1.807) is 0 Å². The zero-order valence-corrected chi connectivity index (χ0v) is 12.1. The number of fused-ring (bicyclic) bond motifs is 3. The number of aromatic amines is 1. The van der Waals surface area contributed by atoms with E-state index < -0.39 is 28.8 Å². The molecule has 3 aromatic rings. The van der Waals surface area contributed by atoms with Crippen LogP contribution in [0.5, 0.6) is 0 Å². The second-order valence-electron chi connectivity index (χ2n) is 5.74. The van der Waals surface area contributed by atoms with Crippen LogP contribution >= 0.6 is 0 Å². The van der Waals surface area contributed by atoms with E-state index in [0.717, 1.165) is 19.0 Å². The highest BCUT2D eigenvalue weighted by atomic mass is 19.4. The van der Waals surface area contributed by atoms with Crippen LogP contribution in [0, 0.1) is 5.82 Å². The topological polar surface area (TPSA) is 70.9 Å². The van der Waals surface area contributed by atoms with Crippen molar-refractivity contribution in [1.29, 1.82) is 0 Å². The highest BCUT2D eigenvalue weighted by molar-refractivity contribution is 6.00. The largest absolute Gasteiger partial charge is 0.458 e. The molecule has 24 heavy (non-hydrogen) atoms. The fourth-order valence-corrected chi connectivity index (χ4v) is 2.98. The summed E-state index contributed by atoms with van der Waals surface area (Å²) < 4.78 is 58.3. The Morgan fingerprint density at radius 2 is 2.08 bits per heavy atom. The van der Waals surface area contributed by atoms with Crippen LogP contribution in [0.15, 0.2) is 21.3 Å². The van der Waals surface area contributed by atoms with Crippen molar-refractivity contribution in [3.05, 3.63) is 39.8 Å². The SMILES string of the molecule is O=c1cc(C2CCNC2)oc2c1cc(F)c1nc(C(F)(F)F)[nH]c12. The van der Waals surface area contributed by atoms with E-state index >= 15 is 0 Å². The number of rotatable bonds is 1. The summed E-state index contributed by atoms with van der Waals surface area (Å²) in [4.78, 5) is 17.6. The fraction of sp³-hybridized carbons (Fsp3) is 0.333. The van der Waals surface area contributed by atoms with Crippen molar-refractivity contribution in [3.63, 3.8) is 0 Å². The van der Waals surface area contributed by atoms with Crippen LogP contribution in [-0.2, 0) is 6.18 Å². The molecule has 0 saturated carbocycles. The molecule has 1 aliphatic rings. The quantitative estimate of drug-likeness (QED) is 0.668. The molecule has 0 aliphatic carbocycles. The standard InChI is InChI=1S/C15H11F4N3O2/c16-8-3-7-9(23)4-10(6-1-2-20-5-6)24-13(7)12-11(8)21-14(22-12)15(17,18)19/h3-4,6,20H,1-2,5H2,(H,21,22). The van der Waals surface area contributed by atoms with Gasteiger partial charge in [-0.15, -0.1) is 0 Å². The first-order valence-electron chi connectivity index (χ1n) is 7.28. The highest BCUT2D eigenvalue weighted by Gasteiger charge is 2.36. The first kappa shape index (κ1) is 15.1. The molecule has 3 heterocycles. The van der Waals surface area contributed by atoms with Gasteiger partial charge in [0.05, 0.1) is 5.39 Å². The predicted octanol–water partition coefficient (Wildman–Crippen LogP) is 2.90. The maximum atomic E-state index is 14.1. The molecule has 1 fully saturated rings. The minimum atomic E-state index is -4.76. The second-order valence-corrected chi connectivity index (χ2v) is 5.74. The van der Waals surface area contributed by atoms with Crippen molar-refractivity contribution in [3.8, 4) is 0 Å². The van der Waals surface area contributed by atoms with E-state index in [2.05, 4.69) is 10.3 Å². The molecular formula is C15H11F4N3O2. The van der Waals surface area contributed by atoms with E-state index in [4.69, 9.17) is 4.42 Å². The number of imidazole rings is 1. The lowest BCUT2D eigenvalue weighted by molar-refractivity contribution is -0.144. The van der Waals surface area contributed by atoms with Crippen LogP contribution in [0.1, 0.15) is 23.9 Å². The molecule has 1 aliphatic heterocycles. The van der Waals surface area contributed by atoms with Crippen LogP contribution in [-0.4, -0.2) is 23.1 Å². The smallest absolute Gasteiger partial charge is 0.449 e. The third-order valence-corrected chi connectivity index (χ3v) is 4.16. The lowest BCUT2D eigenvalue weighted by Crippen LogP contribution is -2.10. The van der Waals surface area contributed by atoms with Crippen LogP contribution in [0.25, 0.3) is 22.0 Å². The number of nitrogens with zero attached hydrogens (tertiary/aromatic N) is 1. The molecule has 5 nitrogen and oxygen atoms in total. The zero-order chi connectivity index (χ0) is 17.1. The Bertz CT molecular complexity index is 1000. The number of aromatic nitrogens is 2. The zero-order valence-electron chi connectivity index (χ0n) is 12.1. The third kappa shape index (κ3) is 2.27. The number of halogens is 4. The van der Waals surface area contributed by atoms with Gasteiger partial charge in [0.15, 0.2) is 16.8 Å². The number of nitrogens with one attached hydrogen (secondary N) is 2. The second kappa shape index (κ2) is 5.04. The van der Waals surface area contributed by atoms with Crippen molar-refractivity contribution in [2.24, 2.45) is 0 Å². The molecule has 0 bridgehead atoms. The molecule has 126 valence electrons. The molecule has 4 rings (SSSR count). The minimum Gasteiger partial charge on any atom is -0.458 e. The van der Waals surface area contributed by atoms with Gasteiger partial charge in [0.2, 0.25) is 5.82 Å². The van der Waals surface area contributed by atoms with E-state index in [1.807, 2.05) is 4.98 Å². The van der Waals surface area contributed by atoms with Gasteiger partial charge in [0.25, 0.3) is 0 Å². The Kier molecular flexibility index (Phi) is 3.17. The summed E-state index contributed by atoms with van der Waals surface area (Å²) in [5.74, 6) is -2.02. The molecule has 0 amide bonds. The molecule has 1 atom stereocenters. The van der Waals surface area contributed by atoms with E-state index in [0.29, 0.717) is 12.3 Å². The van der Waals surface area contributed by atoms with Crippen molar-refractivity contribution in [2.75, 3.05) is 13.1 Å². The molecule has 9 heteroatoms. The van der Waals surface area contributed by atoms with Crippen molar-refractivity contribution < 1.29 is 22.0 Å². The molecule has 0 spiro atoms. The molecule has 0 radical (unpaired) electrons. The Balaban J connectivity index is 2.04. The summed E-state index contributed by atoms with van der Waals surface area (Å²) in [7, 11) is 0. The summed E-state index contributed by atoms with van der Waals surface area (Å²) in [5.41, 5.74) is -1.37. The van der Waals surface area contributed by atoms with Gasteiger partial charge in [-0.2, -0.15) is 13.2 Å². The van der Waals surface area contributed by atoms with E-state index in [-0.39, 0.29) is 22.4 Å². The molecule has 1 aromatic carbocycles. The summed E-state index contributed by atoms with van der Waals surface area (Å²) in [6.07, 6.45) is -4.01. The lowest BCUT2D eigenvalue weighted by atomic mass is 10.0. The van der Waals surface area contributed by atoms with Crippen LogP contribution in [0.2, 0.25) is 0 Å². The van der Waals surface area contributed by atoms with Gasteiger partial charge < -0.3 is 14.7 Å². The van der Waals surface area contributed by atoms with Gasteiger partial charge in [-0.1, -0.05) is 0 Å². The Hall–Kier alpha value is -2.42. The maximum Gasteiger partial charge on any atom is 0.449 e. The maximum absolute atomic E-state index is 14.1. The summed E-state index contributed by atoms with van der Waals surface area (Å²) >= 11 is 0. The Labute approximate surface area is 131 Å². The van der Waals surface area contributed by atoms with Crippen molar-refractivity contribution >= 4 is 22.0 Å². The van der Waals surface area contributed by atoms with Gasteiger partial charge in [0.1, 0.15) is 16.8 Å². The van der Waals surface area contributed by atoms with Crippen LogP contribution in [0.4, 0.5) is 17.6 Å². The normalized spacial score (nSPS) is 18.8. The monoisotopic (exact) mass is 341 g/mol. The van der Waals surface area contributed by atoms with Crippen molar-refractivity contribution in [1.82, 2.24) is 15.3 Å². The molecular weight excluding hydrogens is 330 g/mol. The molecule has 1 unspecified atom stereocenters. The van der Waals surface area contributed by atoms with E-state index in [9.17, 15) is 22.4 Å². The Morgan fingerprint density at radius 1 is 1.29 bits per heavy atom. The van der Waals surface area contributed by atoms with Crippen LogP contribution < -0.4 is 10.7 Å². The summed E-state index contributed by atoms with van der Waals surface area (Å²) in [6, 6.07) is 2.13. The van der Waals surface area contributed by atoms with Gasteiger partial charge in [-0.3, -0.25) is 4.79 Å². The highest BCUT2D eigenvalue weighted by Crippen LogP contribution is 2.33. The van der Waals surface area contributed by atoms with Gasteiger partial charge in [0, 0.05) is 18.5 Å². The number of benzene rings is 1. The molecule has 1 saturated heterocycles. The predicted molar refractivity (Wildman–Crippen MR) is 77.3 cm³/mol. The molecule has 2 aromatic heterocycles. The minimum absolute atomic E-state index is 0.0489. The Morgan fingerprint density at radius 3 is 2.75 bits per heavy atom. The summed E-state index contributed by atoms with van der Waals surface area (Å²) in [6.45, 7) is 1.36. The van der Waals surface area contributed by atoms with Crippen molar-refractivity contribution in [2.45, 2.75) is 18.5 Å². The molecule has 2 N–H and O–H groups in total. The van der Waals surface area contributed by atoms with Gasteiger partial charge >= 0.3 is 6.18 Å². The van der Waals surface area contributed by atoms with Crippen LogP contribution in [0.3, 0.4) is 0 Å². The number of hydrogen-bond acceptors (Lipinski definition) is 4. The van der Waals surface area contributed by atoms with Gasteiger partial charge in [-0.05, 0) is 19.0 Å². The number of H-pyrrole nitrogens is 1.